The van der Waals surface area contributed by atoms with Crippen molar-refractivity contribution in [3.8, 4) is 0 Å². The monoisotopic (exact) mass is 439 g/mol. The number of nitrogens with one attached hydrogen (secondary N) is 1. The minimum absolute atomic E-state index is 0.0385. The number of ether oxygens (including phenoxy) is 2. The van der Waals surface area contributed by atoms with Gasteiger partial charge in [0.1, 0.15) is 34.3 Å². The molecule has 1 aliphatic rings. The molecule has 2 aromatic rings. The summed E-state index contributed by atoms with van der Waals surface area (Å²) in [6.45, 7) is 5.62. The van der Waals surface area contributed by atoms with Crippen molar-refractivity contribution in [3.63, 3.8) is 0 Å². The van der Waals surface area contributed by atoms with Gasteiger partial charge in [-0.25, -0.2) is 28.9 Å². The fraction of sp³-hybridized carbons (Fsp3) is 0.526. The quantitative estimate of drug-likeness (QED) is 0.573. The number of methoxy groups -OCH3 is 1. The van der Waals surface area contributed by atoms with Crippen LogP contribution in [-0.4, -0.2) is 69.9 Å². The molecule has 1 aliphatic heterocycles. The summed E-state index contributed by atoms with van der Waals surface area (Å²) in [5.41, 5.74) is -0.111. The largest absolute Gasteiger partial charge is 0.465 e. The highest BCUT2D eigenvalue weighted by Gasteiger charge is 2.34. The number of anilines is 1. The molecule has 0 radical (unpaired) electrons. The van der Waals surface area contributed by atoms with E-state index in [1.165, 1.54) is 24.4 Å². The Morgan fingerprint density at radius 3 is 2.70 bits per heavy atom. The number of hydrogen-bond donors (Lipinski definition) is 1. The molecule has 0 unspecified atom stereocenters. The number of amides is 1. The lowest BCUT2D eigenvalue weighted by atomic mass is 10.0. The minimum Gasteiger partial charge on any atom is -0.465 e. The zero-order valence-corrected chi connectivity index (χ0v) is 17.9. The number of likely N-dealkylation sites (tertiary alicyclic amines) is 1. The van der Waals surface area contributed by atoms with Gasteiger partial charge in [-0.1, -0.05) is 11.6 Å². The number of halogens is 2. The predicted molar refractivity (Wildman–Crippen MR) is 108 cm³/mol. The summed E-state index contributed by atoms with van der Waals surface area (Å²) in [7, 11) is 1.24. The van der Waals surface area contributed by atoms with Gasteiger partial charge in [-0.15, -0.1) is 0 Å². The summed E-state index contributed by atoms with van der Waals surface area (Å²) < 4.78 is 24.8. The lowest BCUT2D eigenvalue weighted by Crippen LogP contribution is -2.52. The van der Waals surface area contributed by atoms with E-state index in [2.05, 4.69) is 20.3 Å². The number of piperidine rings is 1. The number of pyridine rings is 1. The Morgan fingerprint density at radius 1 is 1.30 bits per heavy atom. The van der Waals surface area contributed by atoms with Crippen molar-refractivity contribution in [2.24, 2.45) is 0 Å². The van der Waals surface area contributed by atoms with Crippen LogP contribution in [0.2, 0.25) is 5.15 Å². The van der Waals surface area contributed by atoms with Crippen LogP contribution < -0.4 is 5.32 Å². The molecule has 0 aromatic carbocycles. The topological polar surface area (TPSA) is 107 Å². The molecule has 1 saturated heterocycles. The second kappa shape index (κ2) is 8.55. The maximum absolute atomic E-state index is 14.6. The summed E-state index contributed by atoms with van der Waals surface area (Å²) >= 11 is 6.05. The predicted octanol–water partition coefficient (Wildman–Crippen LogP) is 3.22. The molecular formula is C19H23ClFN5O4. The maximum atomic E-state index is 14.6. The number of hydrogen-bond acceptors (Lipinski definition) is 8. The Balaban J connectivity index is 1.88. The Hall–Kier alpha value is -2.75. The van der Waals surface area contributed by atoms with Crippen LogP contribution in [0.5, 0.6) is 0 Å². The van der Waals surface area contributed by atoms with Crippen molar-refractivity contribution in [1.82, 2.24) is 19.9 Å². The molecule has 2 aromatic heterocycles. The van der Waals surface area contributed by atoms with Gasteiger partial charge in [0.15, 0.2) is 5.82 Å². The normalized spacial score (nSPS) is 19.5. The van der Waals surface area contributed by atoms with Gasteiger partial charge < -0.3 is 19.7 Å². The summed E-state index contributed by atoms with van der Waals surface area (Å²) in [6, 6.07) is 0.585. The minimum atomic E-state index is -1.23. The molecular weight excluding hydrogens is 417 g/mol. The van der Waals surface area contributed by atoms with Crippen LogP contribution in [-0.2, 0) is 9.47 Å². The van der Waals surface area contributed by atoms with E-state index >= 15 is 0 Å². The van der Waals surface area contributed by atoms with E-state index in [-0.39, 0.29) is 47.1 Å². The molecule has 9 nitrogen and oxygen atoms in total. The van der Waals surface area contributed by atoms with Crippen molar-refractivity contribution in [2.45, 2.75) is 45.0 Å². The highest BCUT2D eigenvalue weighted by molar-refractivity contribution is 6.30. The second-order valence-electron chi connectivity index (χ2n) is 7.89. The lowest BCUT2D eigenvalue weighted by molar-refractivity contribution is 0.0150. The van der Waals surface area contributed by atoms with E-state index in [0.29, 0.717) is 0 Å². The first kappa shape index (κ1) is 21.9. The summed E-state index contributed by atoms with van der Waals surface area (Å²) in [6.07, 6.45) is -0.369. The van der Waals surface area contributed by atoms with Gasteiger partial charge in [0.2, 0.25) is 0 Å². The van der Waals surface area contributed by atoms with Crippen LogP contribution in [0.1, 0.15) is 37.6 Å². The van der Waals surface area contributed by atoms with Crippen LogP contribution in [0.25, 0.3) is 11.0 Å². The Kier molecular flexibility index (Phi) is 6.25. The van der Waals surface area contributed by atoms with Gasteiger partial charge in [-0.2, -0.15) is 0 Å². The third-order valence-electron chi connectivity index (χ3n) is 4.47. The number of alkyl halides is 1. The number of rotatable bonds is 3. The van der Waals surface area contributed by atoms with E-state index in [0.717, 1.165) is 0 Å². The number of carbonyl (C=O) groups is 2. The van der Waals surface area contributed by atoms with E-state index in [4.69, 9.17) is 21.1 Å². The van der Waals surface area contributed by atoms with Gasteiger partial charge in [0.25, 0.3) is 0 Å². The van der Waals surface area contributed by atoms with E-state index in [1.54, 1.807) is 20.8 Å². The average molecular weight is 440 g/mol. The van der Waals surface area contributed by atoms with Crippen LogP contribution in [0.4, 0.5) is 15.0 Å². The zero-order valence-electron chi connectivity index (χ0n) is 17.1. The van der Waals surface area contributed by atoms with E-state index in [9.17, 15) is 14.0 Å². The molecule has 1 amide bonds. The lowest BCUT2D eigenvalue weighted by Gasteiger charge is -2.36. The molecule has 1 fully saturated rings. The fourth-order valence-corrected chi connectivity index (χ4v) is 3.30. The number of aromatic nitrogens is 3. The van der Waals surface area contributed by atoms with Crippen molar-refractivity contribution < 1.29 is 23.5 Å². The first-order valence-electron chi connectivity index (χ1n) is 9.37. The van der Waals surface area contributed by atoms with E-state index in [1.807, 2.05) is 0 Å². The van der Waals surface area contributed by atoms with Gasteiger partial charge in [-0.3, -0.25) is 0 Å². The number of carbonyl (C=O) groups excluding carboxylic acids is 2. The van der Waals surface area contributed by atoms with E-state index < -0.39 is 29.9 Å². The number of esters is 1. The van der Waals surface area contributed by atoms with Crippen LogP contribution >= 0.6 is 11.6 Å². The smallest absolute Gasteiger partial charge is 0.410 e. The Labute approximate surface area is 177 Å². The molecule has 11 heteroatoms. The highest BCUT2D eigenvalue weighted by Crippen LogP contribution is 2.27. The van der Waals surface area contributed by atoms with Gasteiger partial charge in [-0.05, 0) is 33.3 Å². The standard InChI is InChI=1S/C19H23ClFN5O4/c1-19(2,3)30-18(28)26-6-5-11(21)12(8-26)24-16-15-14(22-9-23-16)10(17(27)29-4)7-13(20)25-15/h7,9,11-12H,5-6,8H2,1-4H3,(H,22,23,24)/t11-,12+/m0/s1. The molecule has 2 atom stereocenters. The van der Waals surface area contributed by atoms with Gasteiger partial charge >= 0.3 is 12.1 Å². The van der Waals surface area contributed by atoms with Gasteiger partial charge in [0.05, 0.1) is 18.7 Å². The summed E-state index contributed by atoms with van der Waals surface area (Å²) in [5.74, 6) is -0.433. The molecule has 0 bridgehead atoms. The average Bonchev–Trinajstić information content (AvgIpc) is 2.67. The van der Waals surface area contributed by atoms with Crippen LogP contribution in [0.15, 0.2) is 12.4 Å². The molecule has 30 heavy (non-hydrogen) atoms. The zero-order chi connectivity index (χ0) is 22.1. The van der Waals surface area contributed by atoms with Crippen molar-refractivity contribution >= 4 is 40.5 Å². The maximum Gasteiger partial charge on any atom is 0.410 e. The van der Waals surface area contributed by atoms with Crippen LogP contribution in [0, 0.1) is 0 Å². The summed E-state index contributed by atoms with van der Waals surface area (Å²) in [5, 5.41) is 3.02. The molecule has 0 spiro atoms. The molecule has 0 aliphatic carbocycles. The molecule has 1 N–H and O–H groups in total. The SMILES string of the molecule is COC(=O)c1cc(Cl)nc2c(N[C@@H]3CN(C(=O)OC(C)(C)C)CC[C@@H]3F)ncnc12. The van der Waals surface area contributed by atoms with Crippen molar-refractivity contribution in [3.05, 3.63) is 23.1 Å². The summed E-state index contributed by atoms with van der Waals surface area (Å²) in [4.78, 5) is 38.3. The van der Waals surface area contributed by atoms with Crippen LogP contribution in [0.3, 0.4) is 0 Å². The first-order valence-corrected chi connectivity index (χ1v) is 9.75. The first-order chi connectivity index (χ1) is 14.1. The third kappa shape index (κ3) is 4.86. The van der Waals surface area contributed by atoms with Crippen molar-refractivity contribution in [1.29, 1.82) is 0 Å². The second-order valence-corrected chi connectivity index (χ2v) is 8.27. The number of nitrogens with zero attached hydrogens (tertiary/aromatic N) is 4. The molecule has 3 rings (SSSR count). The fourth-order valence-electron chi connectivity index (χ4n) is 3.11. The third-order valence-corrected chi connectivity index (χ3v) is 4.66. The molecule has 3 heterocycles. The number of fused-ring (bicyclic) bond motifs is 1. The highest BCUT2D eigenvalue weighted by atomic mass is 35.5. The Bertz CT molecular complexity index is 968. The molecule has 0 saturated carbocycles. The molecule has 162 valence electrons. The van der Waals surface area contributed by atoms with Crippen molar-refractivity contribution in [2.75, 3.05) is 25.5 Å². The van der Waals surface area contributed by atoms with Gasteiger partial charge in [0, 0.05) is 13.1 Å². The Morgan fingerprint density at radius 2 is 2.03 bits per heavy atom.